The predicted octanol–water partition coefficient (Wildman–Crippen LogP) is 3.05. The van der Waals surface area contributed by atoms with Gasteiger partial charge in [-0.3, -0.25) is 4.79 Å². The van der Waals surface area contributed by atoms with Crippen LogP contribution >= 0.6 is 11.3 Å². The van der Waals surface area contributed by atoms with Gasteiger partial charge in [-0.15, -0.1) is 0 Å². The average molecular weight is 304 g/mol. The highest BCUT2D eigenvalue weighted by molar-refractivity contribution is 7.20. The summed E-state index contributed by atoms with van der Waals surface area (Å²) >= 11 is 1.29. The van der Waals surface area contributed by atoms with Crippen LogP contribution in [0, 0.1) is 5.92 Å². The first-order valence-electron chi connectivity index (χ1n) is 6.73. The summed E-state index contributed by atoms with van der Waals surface area (Å²) in [5.41, 5.74) is 8.79. The molecule has 1 amide bonds. The second kappa shape index (κ2) is 6.13. The van der Waals surface area contributed by atoms with Crippen LogP contribution in [0.3, 0.4) is 0 Å². The minimum absolute atomic E-state index is 0.0572. The number of hydrogen-bond acceptors (Lipinski definition) is 5. The predicted molar refractivity (Wildman–Crippen MR) is 89.8 cm³/mol. The molecule has 0 bridgehead atoms. The van der Waals surface area contributed by atoms with E-state index in [0.717, 1.165) is 11.3 Å². The number of carbonyl (C=O) groups excluding carboxylic acids is 1. The van der Waals surface area contributed by atoms with Gasteiger partial charge in [0.15, 0.2) is 5.13 Å². The summed E-state index contributed by atoms with van der Waals surface area (Å²) in [6, 6.07) is 7.99. The zero-order valence-electron chi connectivity index (χ0n) is 12.7. The first-order valence-corrected chi connectivity index (χ1v) is 7.55. The van der Waals surface area contributed by atoms with Crippen molar-refractivity contribution in [2.75, 3.05) is 30.0 Å². The van der Waals surface area contributed by atoms with E-state index in [-0.39, 0.29) is 11.8 Å². The molecule has 0 saturated carbocycles. The molecule has 2 aromatic rings. The lowest BCUT2D eigenvalue weighted by Gasteiger charge is -2.12. The molecule has 0 aliphatic rings. The molecule has 0 atom stereocenters. The maximum Gasteiger partial charge on any atom is 0.228 e. The van der Waals surface area contributed by atoms with Crippen LogP contribution in [0.25, 0.3) is 11.3 Å². The highest BCUT2D eigenvalue weighted by Crippen LogP contribution is 2.34. The first kappa shape index (κ1) is 15.3. The minimum atomic E-state index is -0.0852. The number of nitrogens with two attached hydrogens (primary N) is 1. The lowest BCUT2D eigenvalue weighted by Crippen LogP contribution is -2.17. The minimum Gasteiger partial charge on any atom is -0.389 e. The maximum atomic E-state index is 11.7. The van der Waals surface area contributed by atoms with E-state index in [1.807, 2.05) is 57.1 Å². The Labute approximate surface area is 128 Å². The number of nitrogens with zero attached hydrogens (tertiary/aromatic N) is 2. The van der Waals surface area contributed by atoms with Crippen LogP contribution in [0.1, 0.15) is 13.8 Å². The second-order valence-corrected chi connectivity index (χ2v) is 6.35. The number of anilines is 3. The summed E-state index contributed by atoms with van der Waals surface area (Å²) in [5.74, 6) is -0.142. The number of carbonyl (C=O) groups is 1. The number of nitrogens with one attached hydrogen (secondary N) is 1. The molecular formula is C15H20N4OS. The van der Waals surface area contributed by atoms with Gasteiger partial charge in [0.1, 0.15) is 10.7 Å². The second-order valence-electron chi connectivity index (χ2n) is 5.32. The zero-order valence-corrected chi connectivity index (χ0v) is 13.5. The van der Waals surface area contributed by atoms with Crippen LogP contribution < -0.4 is 16.0 Å². The maximum absolute atomic E-state index is 11.7. The smallest absolute Gasteiger partial charge is 0.228 e. The van der Waals surface area contributed by atoms with Crippen LogP contribution in [0.5, 0.6) is 0 Å². The molecule has 0 unspecified atom stereocenters. The lowest BCUT2D eigenvalue weighted by molar-refractivity contribution is -0.118. The number of hydrogen-bond donors (Lipinski definition) is 2. The van der Waals surface area contributed by atoms with Crippen molar-refractivity contribution >= 4 is 33.1 Å². The van der Waals surface area contributed by atoms with Crippen molar-refractivity contribution in [1.29, 1.82) is 0 Å². The SMILES string of the molecule is CC(C)C(=O)Nc1nc(-c2ccc(N(C)C)cc2)c(N)s1. The third-order valence-corrected chi connectivity index (χ3v) is 3.86. The molecular weight excluding hydrogens is 284 g/mol. The first-order chi connectivity index (χ1) is 9.88. The fourth-order valence-corrected chi connectivity index (χ4v) is 2.52. The van der Waals surface area contributed by atoms with Gasteiger partial charge >= 0.3 is 0 Å². The Hall–Kier alpha value is -2.08. The summed E-state index contributed by atoms with van der Waals surface area (Å²) < 4.78 is 0. The van der Waals surface area contributed by atoms with Crippen molar-refractivity contribution in [3.8, 4) is 11.3 Å². The van der Waals surface area contributed by atoms with Crippen molar-refractivity contribution in [2.24, 2.45) is 5.92 Å². The summed E-state index contributed by atoms with van der Waals surface area (Å²) in [4.78, 5) is 18.2. The standard InChI is InChI=1S/C15H20N4OS/c1-9(2)14(20)18-15-17-12(13(16)21-15)10-5-7-11(8-6-10)19(3)4/h5-9H,16H2,1-4H3,(H,17,18,20). The van der Waals surface area contributed by atoms with Gasteiger partial charge in [-0.1, -0.05) is 37.3 Å². The van der Waals surface area contributed by atoms with Crippen molar-refractivity contribution < 1.29 is 4.79 Å². The van der Waals surface area contributed by atoms with Gasteiger partial charge in [0.25, 0.3) is 0 Å². The molecule has 0 radical (unpaired) electrons. The Morgan fingerprint density at radius 2 is 1.90 bits per heavy atom. The van der Waals surface area contributed by atoms with Crippen molar-refractivity contribution in [1.82, 2.24) is 4.98 Å². The van der Waals surface area contributed by atoms with Gasteiger partial charge in [-0.05, 0) is 12.1 Å². The van der Waals surface area contributed by atoms with Crippen LogP contribution in [0.15, 0.2) is 24.3 Å². The number of thiazole rings is 1. The number of amides is 1. The largest absolute Gasteiger partial charge is 0.389 e. The fourth-order valence-electron chi connectivity index (χ4n) is 1.76. The van der Waals surface area contributed by atoms with Crippen LogP contribution in [-0.2, 0) is 4.79 Å². The van der Waals surface area contributed by atoms with Gasteiger partial charge in [0.2, 0.25) is 5.91 Å². The normalized spacial score (nSPS) is 10.7. The van der Waals surface area contributed by atoms with Gasteiger partial charge in [0.05, 0.1) is 0 Å². The number of benzene rings is 1. The molecule has 0 fully saturated rings. The molecule has 1 heterocycles. The van der Waals surface area contributed by atoms with Crippen LogP contribution in [0.4, 0.5) is 15.8 Å². The van der Waals surface area contributed by atoms with Gasteiger partial charge in [0, 0.05) is 31.3 Å². The van der Waals surface area contributed by atoms with Crippen molar-refractivity contribution in [2.45, 2.75) is 13.8 Å². The van der Waals surface area contributed by atoms with Gasteiger partial charge in [-0.2, -0.15) is 0 Å². The van der Waals surface area contributed by atoms with E-state index in [9.17, 15) is 4.79 Å². The molecule has 0 aliphatic heterocycles. The monoisotopic (exact) mass is 304 g/mol. The Kier molecular flexibility index (Phi) is 4.47. The quantitative estimate of drug-likeness (QED) is 0.910. The Morgan fingerprint density at radius 3 is 2.43 bits per heavy atom. The fraction of sp³-hybridized carbons (Fsp3) is 0.333. The number of nitrogen functional groups attached to an aromatic ring is 1. The third-order valence-electron chi connectivity index (χ3n) is 3.07. The average Bonchev–Trinajstić information content (AvgIpc) is 2.79. The number of rotatable bonds is 4. The molecule has 112 valence electrons. The molecule has 1 aromatic heterocycles. The highest BCUT2D eigenvalue weighted by Gasteiger charge is 2.14. The molecule has 0 saturated heterocycles. The van der Waals surface area contributed by atoms with E-state index in [2.05, 4.69) is 10.3 Å². The molecule has 0 aliphatic carbocycles. The topological polar surface area (TPSA) is 71.2 Å². The van der Waals surface area contributed by atoms with Crippen molar-refractivity contribution in [3.05, 3.63) is 24.3 Å². The third kappa shape index (κ3) is 3.52. The molecule has 3 N–H and O–H groups in total. The van der Waals surface area contributed by atoms with Crippen LogP contribution in [-0.4, -0.2) is 25.0 Å². The van der Waals surface area contributed by atoms with Crippen molar-refractivity contribution in [3.63, 3.8) is 0 Å². The molecule has 2 rings (SSSR count). The summed E-state index contributed by atoms with van der Waals surface area (Å²) in [7, 11) is 3.98. The molecule has 6 heteroatoms. The highest BCUT2D eigenvalue weighted by atomic mass is 32.1. The summed E-state index contributed by atoms with van der Waals surface area (Å²) in [6.45, 7) is 3.68. The summed E-state index contributed by atoms with van der Waals surface area (Å²) in [6.07, 6.45) is 0. The van der Waals surface area contributed by atoms with E-state index >= 15 is 0 Å². The van der Waals surface area contributed by atoms with E-state index in [4.69, 9.17) is 5.73 Å². The van der Waals surface area contributed by atoms with Crippen LogP contribution in [0.2, 0.25) is 0 Å². The van der Waals surface area contributed by atoms with E-state index in [1.165, 1.54) is 11.3 Å². The van der Waals surface area contributed by atoms with E-state index < -0.39 is 0 Å². The van der Waals surface area contributed by atoms with Gasteiger partial charge < -0.3 is 16.0 Å². The zero-order chi connectivity index (χ0) is 15.6. The summed E-state index contributed by atoms with van der Waals surface area (Å²) in [5, 5.41) is 3.93. The molecule has 0 spiro atoms. The Balaban J connectivity index is 2.24. The lowest BCUT2D eigenvalue weighted by atomic mass is 10.1. The molecule has 21 heavy (non-hydrogen) atoms. The number of aromatic nitrogens is 1. The Morgan fingerprint density at radius 1 is 1.29 bits per heavy atom. The van der Waals surface area contributed by atoms with E-state index in [0.29, 0.717) is 15.8 Å². The van der Waals surface area contributed by atoms with E-state index in [1.54, 1.807) is 0 Å². The molecule has 1 aromatic carbocycles. The Bertz CT molecular complexity index is 632. The molecule has 5 nitrogen and oxygen atoms in total. The van der Waals surface area contributed by atoms with Gasteiger partial charge in [-0.25, -0.2) is 4.98 Å².